The Morgan fingerprint density at radius 3 is 2.76 bits per heavy atom. The SMILES string of the molecule is CCNC(=O)CN(CC1CC1)CC1CCCN1. The monoisotopic (exact) mass is 239 g/mol. The number of hydrogen-bond donors (Lipinski definition) is 2. The molecule has 1 saturated carbocycles. The molecule has 2 fully saturated rings. The van der Waals surface area contributed by atoms with E-state index in [0.717, 1.165) is 32.1 Å². The van der Waals surface area contributed by atoms with Crippen molar-refractivity contribution in [3.8, 4) is 0 Å². The third kappa shape index (κ3) is 4.64. The van der Waals surface area contributed by atoms with E-state index >= 15 is 0 Å². The lowest BCUT2D eigenvalue weighted by Gasteiger charge is -2.25. The van der Waals surface area contributed by atoms with Gasteiger partial charge in [-0.25, -0.2) is 0 Å². The van der Waals surface area contributed by atoms with E-state index < -0.39 is 0 Å². The van der Waals surface area contributed by atoms with Crippen LogP contribution in [0.5, 0.6) is 0 Å². The Balaban J connectivity index is 1.76. The summed E-state index contributed by atoms with van der Waals surface area (Å²) in [7, 11) is 0. The summed E-state index contributed by atoms with van der Waals surface area (Å²) in [4.78, 5) is 14.0. The zero-order valence-corrected chi connectivity index (χ0v) is 10.9. The topological polar surface area (TPSA) is 44.4 Å². The van der Waals surface area contributed by atoms with Crippen molar-refractivity contribution in [1.82, 2.24) is 15.5 Å². The molecule has 98 valence electrons. The van der Waals surface area contributed by atoms with E-state index in [2.05, 4.69) is 15.5 Å². The molecule has 0 bridgehead atoms. The van der Waals surface area contributed by atoms with Crippen molar-refractivity contribution in [2.24, 2.45) is 5.92 Å². The Kier molecular flexibility index (Phi) is 4.80. The smallest absolute Gasteiger partial charge is 0.234 e. The Bertz CT molecular complexity index is 247. The maximum atomic E-state index is 11.7. The van der Waals surface area contributed by atoms with Crippen LogP contribution in [0.1, 0.15) is 32.6 Å². The fourth-order valence-electron chi connectivity index (χ4n) is 2.55. The van der Waals surface area contributed by atoms with Gasteiger partial charge in [-0.1, -0.05) is 0 Å². The Labute approximate surface area is 104 Å². The molecule has 1 unspecified atom stereocenters. The van der Waals surface area contributed by atoms with Gasteiger partial charge in [-0.15, -0.1) is 0 Å². The summed E-state index contributed by atoms with van der Waals surface area (Å²) in [6, 6.07) is 0.600. The molecule has 4 heteroatoms. The van der Waals surface area contributed by atoms with Gasteiger partial charge in [-0.05, 0) is 45.1 Å². The number of rotatable bonds is 7. The molecule has 2 N–H and O–H groups in total. The number of nitrogens with zero attached hydrogens (tertiary/aromatic N) is 1. The molecule has 2 rings (SSSR count). The molecule has 4 nitrogen and oxygen atoms in total. The number of amides is 1. The summed E-state index contributed by atoms with van der Waals surface area (Å²) in [5.74, 6) is 1.02. The predicted molar refractivity (Wildman–Crippen MR) is 68.9 cm³/mol. The van der Waals surface area contributed by atoms with E-state index in [4.69, 9.17) is 0 Å². The fourth-order valence-corrected chi connectivity index (χ4v) is 2.55. The van der Waals surface area contributed by atoms with Crippen molar-refractivity contribution in [2.75, 3.05) is 32.7 Å². The Morgan fingerprint density at radius 2 is 2.18 bits per heavy atom. The molecule has 0 radical (unpaired) electrons. The van der Waals surface area contributed by atoms with Crippen LogP contribution in [0.4, 0.5) is 0 Å². The van der Waals surface area contributed by atoms with Crippen molar-refractivity contribution >= 4 is 5.91 Å². The molecule has 2 aliphatic rings. The average Bonchev–Trinajstić information content (AvgIpc) is 2.93. The molecule has 1 heterocycles. The zero-order valence-electron chi connectivity index (χ0n) is 10.9. The normalized spacial score (nSPS) is 24.2. The summed E-state index contributed by atoms with van der Waals surface area (Å²) in [5.41, 5.74) is 0. The lowest BCUT2D eigenvalue weighted by atomic mass is 10.2. The molecule has 1 atom stereocenters. The predicted octanol–water partition coefficient (Wildman–Crippen LogP) is 0.587. The summed E-state index contributed by atoms with van der Waals surface area (Å²) in [6.07, 6.45) is 5.24. The van der Waals surface area contributed by atoms with Crippen molar-refractivity contribution in [3.63, 3.8) is 0 Å². The molecule has 1 aliphatic carbocycles. The van der Waals surface area contributed by atoms with E-state index in [0.29, 0.717) is 12.6 Å². The lowest BCUT2D eigenvalue weighted by molar-refractivity contribution is -0.122. The van der Waals surface area contributed by atoms with Crippen LogP contribution in [0.2, 0.25) is 0 Å². The second-order valence-electron chi connectivity index (χ2n) is 5.38. The first-order valence-corrected chi connectivity index (χ1v) is 7.00. The molecule has 0 aromatic heterocycles. The van der Waals surface area contributed by atoms with Crippen LogP contribution < -0.4 is 10.6 Å². The maximum Gasteiger partial charge on any atom is 0.234 e. The van der Waals surface area contributed by atoms with Gasteiger partial charge in [0.05, 0.1) is 6.54 Å². The highest BCUT2D eigenvalue weighted by Gasteiger charge is 2.27. The summed E-state index contributed by atoms with van der Waals surface area (Å²) in [5, 5.41) is 6.41. The molecular formula is C13H25N3O. The third-order valence-electron chi connectivity index (χ3n) is 3.60. The number of hydrogen-bond acceptors (Lipinski definition) is 3. The van der Waals surface area contributed by atoms with E-state index in [9.17, 15) is 4.79 Å². The largest absolute Gasteiger partial charge is 0.355 e. The second kappa shape index (κ2) is 6.36. The quantitative estimate of drug-likeness (QED) is 0.683. The molecule has 1 saturated heterocycles. The average molecular weight is 239 g/mol. The fraction of sp³-hybridized carbons (Fsp3) is 0.923. The van der Waals surface area contributed by atoms with Crippen LogP contribution in [0.3, 0.4) is 0 Å². The minimum atomic E-state index is 0.172. The summed E-state index contributed by atoms with van der Waals surface area (Å²) < 4.78 is 0. The van der Waals surface area contributed by atoms with E-state index in [1.54, 1.807) is 0 Å². The van der Waals surface area contributed by atoms with Gasteiger partial charge in [-0.3, -0.25) is 9.69 Å². The minimum Gasteiger partial charge on any atom is -0.355 e. The highest BCUT2D eigenvalue weighted by atomic mass is 16.2. The highest BCUT2D eigenvalue weighted by Crippen LogP contribution is 2.29. The van der Waals surface area contributed by atoms with Gasteiger partial charge in [0.1, 0.15) is 0 Å². The van der Waals surface area contributed by atoms with Crippen LogP contribution in [-0.4, -0.2) is 49.6 Å². The van der Waals surface area contributed by atoms with Crippen LogP contribution in [0.15, 0.2) is 0 Å². The first-order valence-electron chi connectivity index (χ1n) is 7.00. The maximum absolute atomic E-state index is 11.7. The van der Waals surface area contributed by atoms with E-state index in [1.165, 1.54) is 25.7 Å². The van der Waals surface area contributed by atoms with Crippen LogP contribution >= 0.6 is 0 Å². The standard InChI is InChI=1S/C13H25N3O/c1-2-14-13(17)10-16(8-11-5-6-11)9-12-4-3-7-15-12/h11-12,15H,2-10H2,1H3,(H,14,17). The van der Waals surface area contributed by atoms with Gasteiger partial charge in [0.2, 0.25) is 5.91 Å². The number of likely N-dealkylation sites (N-methyl/N-ethyl adjacent to an activating group) is 1. The summed E-state index contributed by atoms with van der Waals surface area (Å²) in [6.45, 7) is 6.56. The van der Waals surface area contributed by atoms with Gasteiger partial charge in [-0.2, -0.15) is 0 Å². The van der Waals surface area contributed by atoms with E-state index in [-0.39, 0.29) is 5.91 Å². The summed E-state index contributed by atoms with van der Waals surface area (Å²) >= 11 is 0. The molecule has 0 spiro atoms. The third-order valence-corrected chi connectivity index (χ3v) is 3.60. The number of nitrogens with one attached hydrogen (secondary N) is 2. The van der Waals surface area contributed by atoms with Crippen molar-refractivity contribution < 1.29 is 4.79 Å². The zero-order chi connectivity index (χ0) is 12.1. The van der Waals surface area contributed by atoms with Crippen LogP contribution in [-0.2, 0) is 4.79 Å². The highest BCUT2D eigenvalue weighted by molar-refractivity contribution is 5.77. The molecule has 1 amide bonds. The molecular weight excluding hydrogens is 214 g/mol. The molecule has 0 aromatic carbocycles. The van der Waals surface area contributed by atoms with Crippen molar-refractivity contribution in [2.45, 2.75) is 38.6 Å². The molecule has 17 heavy (non-hydrogen) atoms. The van der Waals surface area contributed by atoms with Crippen molar-refractivity contribution in [1.29, 1.82) is 0 Å². The molecule has 0 aromatic rings. The van der Waals surface area contributed by atoms with E-state index in [1.807, 2.05) is 6.92 Å². The van der Waals surface area contributed by atoms with Gasteiger partial charge >= 0.3 is 0 Å². The Morgan fingerprint density at radius 1 is 1.35 bits per heavy atom. The number of carbonyl (C=O) groups excluding carboxylic acids is 1. The van der Waals surface area contributed by atoms with Crippen LogP contribution in [0, 0.1) is 5.92 Å². The minimum absolute atomic E-state index is 0.172. The second-order valence-corrected chi connectivity index (χ2v) is 5.38. The first kappa shape index (κ1) is 12.8. The molecule has 1 aliphatic heterocycles. The Hall–Kier alpha value is -0.610. The van der Waals surface area contributed by atoms with Gasteiger partial charge in [0.15, 0.2) is 0 Å². The van der Waals surface area contributed by atoms with Gasteiger partial charge in [0, 0.05) is 25.7 Å². The first-order chi connectivity index (χ1) is 8.28. The van der Waals surface area contributed by atoms with Crippen molar-refractivity contribution in [3.05, 3.63) is 0 Å². The van der Waals surface area contributed by atoms with Gasteiger partial charge < -0.3 is 10.6 Å². The lowest BCUT2D eigenvalue weighted by Crippen LogP contribution is -2.44. The van der Waals surface area contributed by atoms with Crippen LogP contribution in [0.25, 0.3) is 0 Å². The number of carbonyl (C=O) groups is 1. The van der Waals surface area contributed by atoms with Gasteiger partial charge in [0.25, 0.3) is 0 Å².